The quantitative estimate of drug-likeness (QED) is 0.691. The summed E-state index contributed by atoms with van der Waals surface area (Å²) < 4.78 is 0. The molecule has 2 rings (SSSR count). The first-order valence-corrected chi connectivity index (χ1v) is 5.51. The summed E-state index contributed by atoms with van der Waals surface area (Å²) >= 11 is 0. The molecular formula is C12H19N3. The third-order valence-corrected chi connectivity index (χ3v) is 2.92. The highest BCUT2D eigenvalue weighted by molar-refractivity contribution is 5.76. The van der Waals surface area contributed by atoms with Crippen molar-refractivity contribution in [3.05, 3.63) is 18.2 Å². The zero-order chi connectivity index (χ0) is 11.0. The molecule has 0 spiro atoms. The Labute approximate surface area is 91.3 Å². The molecule has 0 saturated carbocycles. The number of fused-ring (bicyclic) bond motifs is 1. The lowest BCUT2D eigenvalue weighted by Crippen LogP contribution is -2.46. The molecule has 1 heterocycles. The average molecular weight is 205 g/mol. The Kier molecular flexibility index (Phi) is 2.47. The van der Waals surface area contributed by atoms with Crippen LogP contribution in [0, 0.1) is 0 Å². The van der Waals surface area contributed by atoms with Crippen LogP contribution in [0.1, 0.15) is 20.8 Å². The van der Waals surface area contributed by atoms with Gasteiger partial charge in [0.2, 0.25) is 0 Å². The molecule has 0 aliphatic carbocycles. The van der Waals surface area contributed by atoms with Crippen molar-refractivity contribution in [2.75, 3.05) is 22.5 Å². The number of nitrogens with zero attached hydrogens (tertiary/aromatic N) is 1. The topological polar surface area (TPSA) is 41.3 Å². The maximum atomic E-state index is 5.84. The lowest BCUT2D eigenvalue weighted by atomic mass is 10.1. The van der Waals surface area contributed by atoms with Crippen LogP contribution in [0.2, 0.25) is 0 Å². The summed E-state index contributed by atoms with van der Waals surface area (Å²) in [6, 6.07) is 7.08. The zero-order valence-corrected chi connectivity index (χ0v) is 9.62. The number of benzene rings is 1. The van der Waals surface area contributed by atoms with Crippen LogP contribution in [-0.2, 0) is 0 Å². The summed E-state index contributed by atoms with van der Waals surface area (Å²) in [4.78, 5) is 2.42. The summed E-state index contributed by atoms with van der Waals surface area (Å²) in [6.07, 6.45) is 0. The van der Waals surface area contributed by atoms with E-state index in [4.69, 9.17) is 5.73 Å². The Hall–Kier alpha value is -1.38. The van der Waals surface area contributed by atoms with Crippen molar-refractivity contribution in [2.24, 2.45) is 0 Å². The minimum absolute atomic E-state index is 0.502. The molecule has 1 atom stereocenters. The molecule has 82 valence electrons. The normalized spacial score (nSPS) is 20.0. The molecule has 1 aromatic carbocycles. The molecule has 3 heteroatoms. The van der Waals surface area contributed by atoms with E-state index in [9.17, 15) is 0 Å². The Bertz CT molecular complexity index is 360. The highest BCUT2D eigenvalue weighted by atomic mass is 15.2. The molecule has 15 heavy (non-hydrogen) atoms. The van der Waals surface area contributed by atoms with E-state index in [0.29, 0.717) is 12.1 Å². The van der Waals surface area contributed by atoms with Gasteiger partial charge in [0.1, 0.15) is 0 Å². The summed E-state index contributed by atoms with van der Waals surface area (Å²) in [6.45, 7) is 7.66. The van der Waals surface area contributed by atoms with E-state index >= 15 is 0 Å². The second-order valence-electron chi connectivity index (χ2n) is 4.51. The van der Waals surface area contributed by atoms with Gasteiger partial charge in [-0.3, -0.25) is 0 Å². The van der Waals surface area contributed by atoms with Crippen LogP contribution in [-0.4, -0.2) is 18.6 Å². The van der Waals surface area contributed by atoms with E-state index in [2.05, 4.69) is 43.1 Å². The van der Waals surface area contributed by atoms with Gasteiger partial charge in [-0.15, -0.1) is 0 Å². The van der Waals surface area contributed by atoms with Crippen molar-refractivity contribution in [2.45, 2.75) is 32.9 Å². The predicted molar refractivity (Wildman–Crippen MR) is 66.4 cm³/mol. The fraction of sp³-hybridized carbons (Fsp3) is 0.500. The van der Waals surface area contributed by atoms with Crippen LogP contribution < -0.4 is 16.0 Å². The largest absolute Gasteiger partial charge is 0.399 e. The third kappa shape index (κ3) is 1.74. The maximum Gasteiger partial charge on any atom is 0.0628 e. The Morgan fingerprint density at radius 2 is 2.20 bits per heavy atom. The van der Waals surface area contributed by atoms with Gasteiger partial charge in [-0.1, -0.05) is 0 Å². The molecule has 0 fully saturated rings. The number of nitrogens with one attached hydrogen (secondary N) is 1. The van der Waals surface area contributed by atoms with Gasteiger partial charge in [0.15, 0.2) is 0 Å². The van der Waals surface area contributed by atoms with Crippen LogP contribution in [0.5, 0.6) is 0 Å². The van der Waals surface area contributed by atoms with Crippen molar-refractivity contribution in [3.8, 4) is 0 Å². The molecule has 0 amide bonds. The van der Waals surface area contributed by atoms with Gasteiger partial charge in [0.25, 0.3) is 0 Å². The number of hydrogen-bond acceptors (Lipinski definition) is 3. The smallest absolute Gasteiger partial charge is 0.0628 e. The van der Waals surface area contributed by atoms with Crippen LogP contribution in [0.15, 0.2) is 18.2 Å². The SMILES string of the molecule is CC(C)N1c2cc(N)ccc2NCC1C. The van der Waals surface area contributed by atoms with E-state index < -0.39 is 0 Å². The van der Waals surface area contributed by atoms with E-state index in [0.717, 1.165) is 12.2 Å². The molecule has 1 aliphatic heterocycles. The highest BCUT2D eigenvalue weighted by Gasteiger charge is 2.24. The number of rotatable bonds is 1. The number of anilines is 3. The van der Waals surface area contributed by atoms with Gasteiger partial charge in [-0.25, -0.2) is 0 Å². The maximum absolute atomic E-state index is 5.84. The molecule has 0 bridgehead atoms. The van der Waals surface area contributed by atoms with Crippen molar-refractivity contribution in [1.82, 2.24) is 0 Å². The van der Waals surface area contributed by atoms with Gasteiger partial charge < -0.3 is 16.0 Å². The summed E-state index contributed by atoms with van der Waals surface area (Å²) in [5.74, 6) is 0. The molecule has 0 aromatic heterocycles. The van der Waals surface area contributed by atoms with Crippen molar-refractivity contribution < 1.29 is 0 Å². The molecule has 1 aromatic rings. The molecule has 0 radical (unpaired) electrons. The Balaban J connectivity index is 2.46. The minimum Gasteiger partial charge on any atom is -0.399 e. The van der Waals surface area contributed by atoms with Gasteiger partial charge in [0.05, 0.1) is 11.4 Å². The zero-order valence-electron chi connectivity index (χ0n) is 9.62. The van der Waals surface area contributed by atoms with Crippen molar-refractivity contribution >= 4 is 17.1 Å². The average Bonchev–Trinajstić information content (AvgIpc) is 2.16. The first-order chi connectivity index (χ1) is 7.09. The number of nitrogen functional groups attached to an aromatic ring is 1. The number of nitrogens with two attached hydrogens (primary N) is 1. The standard InChI is InChI=1S/C12H19N3/c1-8(2)15-9(3)7-14-11-5-4-10(13)6-12(11)15/h4-6,8-9,14H,7,13H2,1-3H3. The van der Waals surface area contributed by atoms with Crippen LogP contribution >= 0.6 is 0 Å². The van der Waals surface area contributed by atoms with Gasteiger partial charge >= 0.3 is 0 Å². The fourth-order valence-electron chi connectivity index (χ4n) is 2.29. The van der Waals surface area contributed by atoms with E-state index in [1.165, 1.54) is 11.4 Å². The third-order valence-electron chi connectivity index (χ3n) is 2.92. The first kappa shape index (κ1) is 10.1. The Morgan fingerprint density at radius 3 is 2.87 bits per heavy atom. The second kappa shape index (κ2) is 3.65. The highest BCUT2D eigenvalue weighted by Crippen LogP contribution is 2.34. The molecule has 1 aliphatic rings. The van der Waals surface area contributed by atoms with Crippen LogP contribution in [0.3, 0.4) is 0 Å². The minimum atomic E-state index is 0.502. The second-order valence-corrected chi connectivity index (χ2v) is 4.51. The number of hydrogen-bond donors (Lipinski definition) is 2. The lowest BCUT2D eigenvalue weighted by molar-refractivity contribution is 0.580. The van der Waals surface area contributed by atoms with Gasteiger partial charge in [0, 0.05) is 24.3 Å². The van der Waals surface area contributed by atoms with Crippen LogP contribution in [0.4, 0.5) is 17.1 Å². The van der Waals surface area contributed by atoms with Crippen molar-refractivity contribution in [3.63, 3.8) is 0 Å². The molecule has 3 nitrogen and oxygen atoms in total. The van der Waals surface area contributed by atoms with Gasteiger partial charge in [-0.05, 0) is 39.0 Å². The molecule has 1 unspecified atom stereocenters. The lowest BCUT2D eigenvalue weighted by Gasteiger charge is -2.40. The predicted octanol–water partition coefficient (Wildman–Crippen LogP) is 2.30. The summed E-state index contributed by atoms with van der Waals surface area (Å²) in [5.41, 5.74) is 9.08. The first-order valence-electron chi connectivity index (χ1n) is 5.51. The van der Waals surface area contributed by atoms with E-state index in [1.54, 1.807) is 0 Å². The van der Waals surface area contributed by atoms with Crippen LogP contribution in [0.25, 0.3) is 0 Å². The van der Waals surface area contributed by atoms with Crippen molar-refractivity contribution in [1.29, 1.82) is 0 Å². The summed E-state index contributed by atoms with van der Waals surface area (Å²) in [5, 5.41) is 3.43. The summed E-state index contributed by atoms with van der Waals surface area (Å²) in [7, 11) is 0. The molecule has 3 N–H and O–H groups in total. The Morgan fingerprint density at radius 1 is 1.47 bits per heavy atom. The monoisotopic (exact) mass is 205 g/mol. The van der Waals surface area contributed by atoms with Gasteiger partial charge in [-0.2, -0.15) is 0 Å². The van der Waals surface area contributed by atoms with E-state index in [1.807, 2.05) is 6.07 Å². The fourth-order valence-corrected chi connectivity index (χ4v) is 2.29. The molecular weight excluding hydrogens is 186 g/mol. The van der Waals surface area contributed by atoms with E-state index in [-0.39, 0.29) is 0 Å². The molecule has 0 saturated heterocycles.